The van der Waals surface area contributed by atoms with E-state index in [1.807, 2.05) is 6.92 Å². The molecule has 0 radical (unpaired) electrons. The van der Waals surface area contributed by atoms with Crippen molar-refractivity contribution in [1.82, 2.24) is 4.98 Å². The highest BCUT2D eigenvalue weighted by Crippen LogP contribution is 2.28. The van der Waals surface area contributed by atoms with E-state index in [4.69, 9.17) is 10.5 Å². The lowest BCUT2D eigenvalue weighted by atomic mass is 10.1. The van der Waals surface area contributed by atoms with E-state index in [1.165, 1.54) is 17.7 Å². The van der Waals surface area contributed by atoms with E-state index in [0.717, 1.165) is 36.9 Å². The molecule has 1 unspecified atom stereocenters. The normalized spacial score (nSPS) is 20.4. The van der Waals surface area contributed by atoms with Crippen molar-refractivity contribution in [3.63, 3.8) is 0 Å². The highest BCUT2D eigenvalue weighted by molar-refractivity contribution is 7.15. The van der Waals surface area contributed by atoms with Crippen LogP contribution in [0.15, 0.2) is 0 Å². The van der Waals surface area contributed by atoms with Crippen LogP contribution in [0, 0.1) is 6.92 Å². The predicted octanol–water partition coefficient (Wildman–Crippen LogP) is 2.31. The molecule has 4 nitrogen and oxygen atoms in total. The average Bonchev–Trinajstić information content (AvgIpc) is 2.78. The smallest absolute Gasteiger partial charge is 0.185 e. The maximum absolute atomic E-state index is 5.86. The molecule has 1 aliphatic rings. The molecule has 0 saturated carbocycles. The monoisotopic (exact) mass is 269 g/mol. The van der Waals surface area contributed by atoms with Gasteiger partial charge in [0.05, 0.1) is 11.8 Å². The number of nitrogens with zero attached hydrogens (tertiary/aromatic N) is 2. The summed E-state index contributed by atoms with van der Waals surface area (Å²) in [6.07, 6.45) is 3.81. The van der Waals surface area contributed by atoms with Crippen molar-refractivity contribution in [1.29, 1.82) is 0 Å². The molecule has 0 bridgehead atoms. The second-order valence-corrected chi connectivity index (χ2v) is 5.85. The molecule has 2 rings (SSSR count). The fourth-order valence-corrected chi connectivity index (χ4v) is 3.24. The number of rotatable bonds is 5. The Morgan fingerprint density at radius 2 is 2.39 bits per heavy atom. The minimum absolute atomic E-state index is 0.365. The molecule has 0 spiro atoms. The van der Waals surface area contributed by atoms with Gasteiger partial charge in [0, 0.05) is 31.1 Å². The zero-order chi connectivity index (χ0) is 13.0. The number of hydrogen-bond acceptors (Lipinski definition) is 5. The van der Waals surface area contributed by atoms with E-state index in [0.29, 0.717) is 12.6 Å². The van der Waals surface area contributed by atoms with Crippen molar-refractivity contribution >= 4 is 16.5 Å². The van der Waals surface area contributed by atoms with E-state index >= 15 is 0 Å². The average molecular weight is 269 g/mol. The van der Waals surface area contributed by atoms with Crippen molar-refractivity contribution in [3.05, 3.63) is 10.6 Å². The molecule has 1 saturated heterocycles. The molecule has 1 aromatic rings. The van der Waals surface area contributed by atoms with E-state index < -0.39 is 0 Å². The second kappa shape index (κ2) is 6.50. The molecular formula is C13H23N3OS. The molecule has 0 aliphatic carbocycles. The van der Waals surface area contributed by atoms with Crippen LogP contribution in [0.4, 0.5) is 5.13 Å². The Labute approximate surface area is 113 Å². The van der Waals surface area contributed by atoms with Crippen LogP contribution >= 0.6 is 11.3 Å². The van der Waals surface area contributed by atoms with Crippen LogP contribution in [0.1, 0.15) is 36.8 Å². The SMILES string of the molecule is CCCOC1CCCN(c2nc(C)c(CN)s2)C1. The quantitative estimate of drug-likeness (QED) is 0.891. The summed E-state index contributed by atoms with van der Waals surface area (Å²) in [7, 11) is 0. The minimum atomic E-state index is 0.365. The molecule has 2 N–H and O–H groups in total. The standard InChI is InChI=1S/C13H23N3OS/c1-3-7-17-11-5-4-6-16(9-11)13-15-10(2)12(8-14)18-13/h11H,3-9,14H2,1-2H3. The van der Waals surface area contributed by atoms with E-state index in [1.54, 1.807) is 11.3 Å². The molecular weight excluding hydrogens is 246 g/mol. The summed E-state index contributed by atoms with van der Waals surface area (Å²) >= 11 is 1.73. The molecule has 5 heteroatoms. The molecule has 1 atom stereocenters. The van der Waals surface area contributed by atoms with Crippen LogP contribution in [0.5, 0.6) is 0 Å². The number of hydrogen-bond donors (Lipinski definition) is 1. The summed E-state index contributed by atoms with van der Waals surface area (Å²) in [5.74, 6) is 0. The third-order valence-corrected chi connectivity index (χ3v) is 4.51. The van der Waals surface area contributed by atoms with Crippen LogP contribution in [-0.2, 0) is 11.3 Å². The Hall–Kier alpha value is -0.650. The van der Waals surface area contributed by atoms with Gasteiger partial charge in [-0.2, -0.15) is 0 Å². The van der Waals surface area contributed by atoms with Crippen LogP contribution in [0.2, 0.25) is 0 Å². The molecule has 2 heterocycles. The first-order chi connectivity index (χ1) is 8.74. The Bertz CT molecular complexity index is 380. The fraction of sp³-hybridized carbons (Fsp3) is 0.769. The lowest BCUT2D eigenvalue weighted by Gasteiger charge is -2.32. The van der Waals surface area contributed by atoms with Gasteiger partial charge in [0.25, 0.3) is 0 Å². The first-order valence-corrected chi connectivity index (χ1v) is 7.59. The maximum atomic E-state index is 5.86. The van der Waals surface area contributed by atoms with Crippen molar-refractivity contribution in [2.24, 2.45) is 5.73 Å². The van der Waals surface area contributed by atoms with E-state index in [9.17, 15) is 0 Å². The number of thiazole rings is 1. The van der Waals surface area contributed by atoms with Gasteiger partial charge in [-0.05, 0) is 26.2 Å². The van der Waals surface area contributed by atoms with Gasteiger partial charge in [0.15, 0.2) is 5.13 Å². The molecule has 1 aliphatic heterocycles. The summed E-state index contributed by atoms with van der Waals surface area (Å²) in [5, 5.41) is 1.11. The highest BCUT2D eigenvalue weighted by Gasteiger charge is 2.23. The largest absolute Gasteiger partial charge is 0.376 e. The Morgan fingerprint density at radius 1 is 1.56 bits per heavy atom. The second-order valence-electron chi connectivity index (χ2n) is 4.79. The number of aromatic nitrogens is 1. The van der Waals surface area contributed by atoms with Gasteiger partial charge in [0.1, 0.15) is 0 Å². The lowest BCUT2D eigenvalue weighted by molar-refractivity contribution is 0.0440. The first kappa shape index (κ1) is 13.8. The number of ether oxygens (including phenoxy) is 1. The molecule has 0 amide bonds. The summed E-state index contributed by atoms with van der Waals surface area (Å²) < 4.78 is 5.86. The molecule has 1 aromatic heterocycles. The first-order valence-electron chi connectivity index (χ1n) is 6.77. The molecule has 18 heavy (non-hydrogen) atoms. The topological polar surface area (TPSA) is 51.4 Å². The highest BCUT2D eigenvalue weighted by atomic mass is 32.1. The van der Waals surface area contributed by atoms with Crippen LogP contribution in [0.3, 0.4) is 0 Å². The number of nitrogens with two attached hydrogens (primary N) is 1. The van der Waals surface area contributed by atoms with Crippen molar-refractivity contribution in [2.45, 2.75) is 45.8 Å². The summed E-state index contributed by atoms with van der Waals surface area (Å²) in [5.41, 5.74) is 6.79. The third-order valence-electron chi connectivity index (χ3n) is 3.27. The Kier molecular flexibility index (Phi) is 4.97. The lowest BCUT2D eigenvalue weighted by Crippen LogP contribution is -2.39. The number of piperidine rings is 1. The maximum Gasteiger partial charge on any atom is 0.185 e. The van der Waals surface area contributed by atoms with Crippen LogP contribution in [0.25, 0.3) is 0 Å². The van der Waals surface area contributed by atoms with Gasteiger partial charge in [-0.15, -0.1) is 11.3 Å². The van der Waals surface area contributed by atoms with Crippen LogP contribution < -0.4 is 10.6 Å². The van der Waals surface area contributed by atoms with Gasteiger partial charge in [0.2, 0.25) is 0 Å². The minimum Gasteiger partial charge on any atom is -0.376 e. The Morgan fingerprint density at radius 3 is 3.06 bits per heavy atom. The van der Waals surface area contributed by atoms with E-state index in [-0.39, 0.29) is 0 Å². The number of aryl methyl sites for hydroxylation is 1. The molecule has 102 valence electrons. The zero-order valence-corrected chi connectivity index (χ0v) is 12.1. The van der Waals surface area contributed by atoms with Crippen LogP contribution in [-0.4, -0.2) is 30.8 Å². The fourth-order valence-electron chi connectivity index (χ4n) is 2.27. The van der Waals surface area contributed by atoms with Gasteiger partial charge >= 0.3 is 0 Å². The van der Waals surface area contributed by atoms with Crippen molar-refractivity contribution < 1.29 is 4.74 Å². The summed E-state index contributed by atoms with van der Waals surface area (Å²) in [4.78, 5) is 8.17. The Balaban J connectivity index is 1.99. The molecule has 1 fully saturated rings. The van der Waals surface area contributed by atoms with Crippen molar-refractivity contribution in [3.8, 4) is 0 Å². The molecule has 0 aromatic carbocycles. The van der Waals surface area contributed by atoms with Crippen molar-refractivity contribution in [2.75, 3.05) is 24.6 Å². The number of anilines is 1. The zero-order valence-electron chi connectivity index (χ0n) is 11.3. The third kappa shape index (κ3) is 3.22. The van der Waals surface area contributed by atoms with Gasteiger partial charge in [-0.1, -0.05) is 6.92 Å². The summed E-state index contributed by atoms with van der Waals surface area (Å²) in [6, 6.07) is 0. The summed E-state index contributed by atoms with van der Waals surface area (Å²) in [6.45, 7) is 7.70. The van der Waals surface area contributed by atoms with Gasteiger partial charge < -0.3 is 15.4 Å². The van der Waals surface area contributed by atoms with Gasteiger partial charge in [-0.25, -0.2) is 4.98 Å². The van der Waals surface area contributed by atoms with Gasteiger partial charge in [-0.3, -0.25) is 0 Å². The van der Waals surface area contributed by atoms with E-state index in [2.05, 4.69) is 16.8 Å². The predicted molar refractivity (Wildman–Crippen MR) is 76.2 cm³/mol.